The molecule has 14 heavy (non-hydrogen) atoms. The van der Waals surface area contributed by atoms with Gasteiger partial charge in [0.15, 0.2) is 0 Å². The van der Waals surface area contributed by atoms with Gasteiger partial charge in [-0.25, -0.2) is 4.39 Å². The van der Waals surface area contributed by atoms with Gasteiger partial charge in [-0.2, -0.15) is 0 Å². The van der Waals surface area contributed by atoms with Crippen molar-refractivity contribution >= 4 is 0 Å². The molecule has 2 nitrogen and oxygen atoms in total. The number of aromatic hydroxyl groups is 1. The van der Waals surface area contributed by atoms with E-state index in [4.69, 9.17) is 5.11 Å². The second-order valence-corrected chi connectivity index (χ2v) is 2.90. The van der Waals surface area contributed by atoms with Crippen LogP contribution in [0.1, 0.15) is 0 Å². The zero-order valence-electron chi connectivity index (χ0n) is 7.31. The van der Waals surface area contributed by atoms with Crippen LogP contribution < -0.4 is 0 Å². The summed E-state index contributed by atoms with van der Waals surface area (Å²) in [5.41, 5.74) is 1.21. The number of phenols is 1. The van der Waals surface area contributed by atoms with Gasteiger partial charge in [-0.15, -0.1) is 0 Å². The summed E-state index contributed by atoms with van der Waals surface area (Å²) >= 11 is 0. The van der Waals surface area contributed by atoms with Crippen molar-refractivity contribution in [1.29, 1.82) is 0 Å². The van der Waals surface area contributed by atoms with Crippen molar-refractivity contribution in [2.45, 2.75) is 0 Å². The van der Waals surface area contributed by atoms with E-state index in [9.17, 15) is 4.39 Å². The molecule has 2 rings (SSSR count). The minimum absolute atomic E-state index is 0.170. The van der Waals surface area contributed by atoms with E-state index < -0.39 is 0 Å². The van der Waals surface area contributed by atoms with Crippen molar-refractivity contribution in [3.63, 3.8) is 0 Å². The summed E-state index contributed by atoms with van der Waals surface area (Å²) < 4.78 is 13.3. The Morgan fingerprint density at radius 1 is 1.07 bits per heavy atom. The number of halogens is 1. The van der Waals surface area contributed by atoms with Crippen molar-refractivity contribution < 1.29 is 9.50 Å². The van der Waals surface area contributed by atoms with E-state index in [1.54, 1.807) is 18.2 Å². The molecule has 1 N–H and O–H groups in total. The number of benzene rings is 1. The number of aromatic nitrogens is 1. The summed E-state index contributed by atoms with van der Waals surface area (Å²) in [6.45, 7) is 0. The Morgan fingerprint density at radius 2 is 1.79 bits per heavy atom. The van der Waals surface area contributed by atoms with Crippen molar-refractivity contribution in [1.82, 2.24) is 4.98 Å². The Labute approximate surface area is 80.7 Å². The maximum atomic E-state index is 13.3. The summed E-state index contributed by atoms with van der Waals surface area (Å²) in [6, 6.07) is 7.97. The number of nitrogens with zero attached hydrogens (tertiary/aromatic N) is 1. The molecule has 2 aromatic rings. The molecule has 0 fully saturated rings. The highest BCUT2D eigenvalue weighted by molar-refractivity contribution is 5.64. The Morgan fingerprint density at radius 3 is 2.43 bits per heavy atom. The zero-order valence-corrected chi connectivity index (χ0v) is 7.31. The SMILES string of the molecule is Oc1ccc(-c2ccncc2F)cc1. The minimum atomic E-state index is -0.363. The highest BCUT2D eigenvalue weighted by Gasteiger charge is 2.03. The predicted molar refractivity (Wildman–Crippen MR) is 51.3 cm³/mol. The first-order valence-electron chi connectivity index (χ1n) is 4.16. The summed E-state index contributed by atoms with van der Waals surface area (Å²) in [5.74, 6) is -0.193. The fourth-order valence-electron chi connectivity index (χ4n) is 1.25. The lowest BCUT2D eigenvalue weighted by Crippen LogP contribution is -1.84. The second-order valence-electron chi connectivity index (χ2n) is 2.90. The summed E-state index contributed by atoms with van der Waals surface area (Å²) in [5, 5.41) is 9.07. The van der Waals surface area contributed by atoms with Gasteiger partial charge in [0.1, 0.15) is 11.6 Å². The van der Waals surface area contributed by atoms with Crippen molar-refractivity contribution in [3.05, 3.63) is 48.5 Å². The third-order valence-electron chi connectivity index (χ3n) is 1.95. The number of rotatable bonds is 1. The smallest absolute Gasteiger partial charge is 0.149 e. The third kappa shape index (κ3) is 1.57. The molecule has 0 aliphatic rings. The monoisotopic (exact) mass is 189 g/mol. The molecule has 0 atom stereocenters. The zero-order chi connectivity index (χ0) is 9.97. The van der Waals surface area contributed by atoms with Crippen LogP contribution in [-0.4, -0.2) is 10.1 Å². The van der Waals surface area contributed by atoms with Crippen molar-refractivity contribution in [3.8, 4) is 16.9 Å². The highest BCUT2D eigenvalue weighted by atomic mass is 19.1. The molecule has 0 unspecified atom stereocenters. The van der Waals surface area contributed by atoms with Gasteiger partial charge in [0.05, 0.1) is 6.20 Å². The lowest BCUT2D eigenvalue weighted by Gasteiger charge is -2.02. The number of pyridine rings is 1. The standard InChI is InChI=1S/C11H8FNO/c12-11-7-13-6-5-10(11)8-1-3-9(14)4-2-8/h1-7,14H. The van der Waals surface area contributed by atoms with E-state index in [0.717, 1.165) is 5.56 Å². The third-order valence-corrected chi connectivity index (χ3v) is 1.95. The Kier molecular flexibility index (Phi) is 2.14. The van der Waals surface area contributed by atoms with Crippen LogP contribution >= 0.6 is 0 Å². The molecule has 0 spiro atoms. The molecule has 3 heteroatoms. The number of phenolic OH excluding ortho intramolecular Hbond substituents is 1. The molecule has 1 aromatic heterocycles. The Hall–Kier alpha value is -1.90. The Balaban J connectivity index is 2.50. The van der Waals surface area contributed by atoms with Crippen LogP contribution in [0.4, 0.5) is 4.39 Å². The minimum Gasteiger partial charge on any atom is -0.508 e. The first-order valence-corrected chi connectivity index (χ1v) is 4.16. The lowest BCUT2D eigenvalue weighted by molar-refractivity contribution is 0.475. The van der Waals surface area contributed by atoms with E-state index in [-0.39, 0.29) is 11.6 Å². The molecule has 1 heterocycles. The highest BCUT2D eigenvalue weighted by Crippen LogP contribution is 2.23. The van der Waals surface area contributed by atoms with E-state index >= 15 is 0 Å². The normalized spacial score (nSPS) is 10.1. The summed E-state index contributed by atoms with van der Waals surface area (Å²) in [4.78, 5) is 3.66. The van der Waals surface area contributed by atoms with E-state index in [1.807, 2.05) is 0 Å². The van der Waals surface area contributed by atoms with Gasteiger partial charge in [-0.3, -0.25) is 4.98 Å². The maximum absolute atomic E-state index is 13.3. The number of hydrogen-bond acceptors (Lipinski definition) is 2. The van der Waals surface area contributed by atoms with Gasteiger partial charge in [0.25, 0.3) is 0 Å². The molecule has 0 aliphatic carbocycles. The predicted octanol–water partition coefficient (Wildman–Crippen LogP) is 2.59. The van der Waals surface area contributed by atoms with Gasteiger partial charge in [0, 0.05) is 11.8 Å². The molecule has 0 saturated carbocycles. The molecular weight excluding hydrogens is 181 g/mol. The van der Waals surface area contributed by atoms with Gasteiger partial charge in [0.2, 0.25) is 0 Å². The first-order chi connectivity index (χ1) is 6.77. The van der Waals surface area contributed by atoms with Gasteiger partial charge >= 0.3 is 0 Å². The average Bonchev–Trinajstić information content (AvgIpc) is 2.20. The van der Waals surface area contributed by atoms with Crippen LogP contribution in [0.15, 0.2) is 42.7 Å². The topological polar surface area (TPSA) is 33.1 Å². The van der Waals surface area contributed by atoms with Gasteiger partial charge in [-0.1, -0.05) is 12.1 Å². The summed E-state index contributed by atoms with van der Waals surface area (Å²) in [6.07, 6.45) is 2.70. The molecule has 0 bridgehead atoms. The van der Waals surface area contributed by atoms with Crippen molar-refractivity contribution in [2.24, 2.45) is 0 Å². The van der Waals surface area contributed by atoms with Gasteiger partial charge < -0.3 is 5.11 Å². The quantitative estimate of drug-likeness (QED) is 0.747. The molecule has 0 aliphatic heterocycles. The largest absolute Gasteiger partial charge is 0.508 e. The van der Waals surface area contributed by atoms with E-state index in [0.29, 0.717) is 5.56 Å². The van der Waals surface area contributed by atoms with E-state index in [2.05, 4.69) is 4.98 Å². The van der Waals surface area contributed by atoms with Crippen LogP contribution in [0.2, 0.25) is 0 Å². The fraction of sp³-hybridized carbons (Fsp3) is 0. The average molecular weight is 189 g/mol. The molecule has 70 valence electrons. The van der Waals surface area contributed by atoms with E-state index in [1.165, 1.54) is 24.5 Å². The summed E-state index contributed by atoms with van der Waals surface area (Å²) in [7, 11) is 0. The van der Waals surface area contributed by atoms with Gasteiger partial charge in [-0.05, 0) is 23.8 Å². The van der Waals surface area contributed by atoms with Crippen LogP contribution in [0.25, 0.3) is 11.1 Å². The molecular formula is C11H8FNO. The fourth-order valence-corrected chi connectivity index (χ4v) is 1.25. The second kappa shape index (κ2) is 3.46. The van der Waals surface area contributed by atoms with Crippen molar-refractivity contribution in [2.75, 3.05) is 0 Å². The number of hydrogen-bond donors (Lipinski definition) is 1. The molecule has 1 aromatic carbocycles. The lowest BCUT2D eigenvalue weighted by atomic mass is 10.1. The Bertz CT molecular complexity index is 439. The first kappa shape index (κ1) is 8.69. The maximum Gasteiger partial charge on any atom is 0.149 e. The van der Waals surface area contributed by atoms with Crippen LogP contribution in [-0.2, 0) is 0 Å². The molecule has 0 radical (unpaired) electrons. The van der Waals surface area contributed by atoms with Crippen LogP contribution in [0.3, 0.4) is 0 Å². The molecule has 0 amide bonds. The molecule has 0 saturated heterocycles. The van der Waals surface area contributed by atoms with Crippen LogP contribution in [0, 0.1) is 5.82 Å². The van der Waals surface area contributed by atoms with Crippen LogP contribution in [0.5, 0.6) is 5.75 Å².